The van der Waals surface area contributed by atoms with Crippen LogP contribution in [-0.2, 0) is 16.1 Å². The molecule has 138 valence electrons. The Labute approximate surface area is 163 Å². The number of halogens is 1. The van der Waals surface area contributed by atoms with Crippen LogP contribution in [0.4, 0.5) is 0 Å². The number of carbonyl (C=O) groups excluding carboxylic acids is 1. The minimum Gasteiger partial charge on any atom is -0.374 e. The van der Waals surface area contributed by atoms with Crippen molar-refractivity contribution in [1.29, 1.82) is 0 Å². The molecule has 2 aromatic rings. The largest absolute Gasteiger partial charge is 0.374 e. The minimum atomic E-state index is 0.0220. The second-order valence-corrected chi connectivity index (χ2v) is 7.75. The van der Waals surface area contributed by atoms with Gasteiger partial charge in [-0.05, 0) is 29.8 Å². The SMILES string of the molecule is O=C(CSc1ccc(Cl)cc1)NCC1CN(Cc2ccccc2)CCO1. The molecule has 3 rings (SSSR count). The zero-order valence-corrected chi connectivity index (χ0v) is 16.1. The normalized spacial score (nSPS) is 17.8. The van der Waals surface area contributed by atoms with E-state index < -0.39 is 0 Å². The van der Waals surface area contributed by atoms with Gasteiger partial charge < -0.3 is 10.1 Å². The van der Waals surface area contributed by atoms with Gasteiger partial charge in [0.05, 0.1) is 18.5 Å². The second kappa shape index (κ2) is 9.97. The van der Waals surface area contributed by atoms with Crippen LogP contribution in [0.1, 0.15) is 5.56 Å². The first-order valence-electron chi connectivity index (χ1n) is 8.72. The number of thioether (sulfide) groups is 1. The highest BCUT2D eigenvalue weighted by Crippen LogP contribution is 2.20. The topological polar surface area (TPSA) is 41.6 Å². The maximum absolute atomic E-state index is 12.1. The zero-order chi connectivity index (χ0) is 18.2. The van der Waals surface area contributed by atoms with E-state index in [4.69, 9.17) is 16.3 Å². The van der Waals surface area contributed by atoms with E-state index in [1.165, 1.54) is 17.3 Å². The molecule has 4 nitrogen and oxygen atoms in total. The summed E-state index contributed by atoms with van der Waals surface area (Å²) >= 11 is 7.37. The quantitative estimate of drug-likeness (QED) is 0.735. The number of hydrogen-bond acceptors (Lipinski definition) is 4. The first-order chi connectivity index (χ1) is 12.7. The average Bonchev–Trinajstić information content (AvgIpc) is 2.67. The van der Waals surface area contributed by atoms with Crippen LogP contribution in [0.25, 0.3) is 0 Å². The number of amides is 1. The molecule has 1 saturated heterocycles. The highest BCUT2D eigenvalue weighted by molar-refractivity contribution is 8.00. The van der Waals surface area contributed by atoms with Gasteiger partial charge in [-0.2, -0.15) is 0 Å². The molecule has 26 heavy (non-hydrogen) atoms. The molecule has 1 unspecified atom stereocenters. The van der Waals surface area contributed by atoms with Crippen molar-refractivity contribution < 1.29 is 9.53 Å². The van der Waals surface area contributed by atoms with Crippen molar-refractivity contribution >= 4 is 29.3 Å². The maximum atomic E-state index is 12.1. The molecule has 1 atom stereocenters. The molecule has 0 saturated carbocycles. The Morgan fingerprint density at radius 1 is 1.19 bits per heavy atom. The Bertz CT molecular complexity index is 697. The number of rotatable bonds is 7. The molecule has 2 aromatic carbocycles. The Kier molecular flexibility index (Phi) is 7.38. The molecule has 1 heterocycles. The van der Waals surface area contributed by atoms with E-state index in [0.717, 1.165) is 24.5 Å². The number of morpholine rings is 1. The van der Waals surface area contributed by atoms with Gasteiger partial charge in [-0.25, -0.2) is 0 Å². The molecule has 1 aliphatic heterocycles. The van der Waals surface area contributed by atoms with Crippen LogP contribution >= 0.6 is 23.4 Å². The lowest BCUT2D eigenvalue weighted by molar-refractivity contribution is -0.119. The second-order valence-electron chi connectivity index (χ2n) is 6.26. The van der Waals surface area contributed by atoms with Crippen molar-refractivity contribution in [3.05, 3.63) is 65.2 Å². The average molecular weight is 391 g/mol. The molecule has 0 aliphatic carbocycles. The first kappa shape index (κ1) is 19.2. The maximum Gasteiger partial charge on any atom is 0.230 e. The minimum absolute atomic E-state index is 0.0220. The highest BCUT2D eigenvalue weighted by Gasteiger charge is 2.21. The summed E-state index contributed by atoms with van der Waals surface area (Å²) in [6.07, 6.45) is 0.0388. The Balaban J connectivity index is 1.38. The van der Waals surface area contributed by atoms with Gasteiger partial charge in [-0.15, -0.1) is 11.8 Å². The first-order valence-corrected chi connectivity index (χ1v) is 10.1. The lowest BCUT2D eigenvalue weighted by Crippen LogP contribution is -2.47. The Morgan fingerprint density at radius 3 is 2.73 bits per heavy atom. The summed E-state index contributed by atoms with van der Waals surface area (Å²) in [5.41, 5.74) is 1.30. The van der Waals surface area contributed by atoms with Crippen molar-refractivity contribution in [3.63, 3.8) is 0 Å². The summed E-state index contributed by atoms with van der Waals surface area (Å²) in [6.45, 7) is 3.92. The van der Waals surface area contributed by atoms with E-state index in [-0.39, 0.29) is 12.0 Å². The van der Waals surface area contributed by atoms with E-state index in [1.807, 2.05) is 30.3 Å². The van der Waals surface area contributed by atoms with Crippen LogP contribution in [0.15, 0.2) is 59.5 Å². The fraction of sp³-hybridized carbons (Fsp3) is 0.350. The van der Waals surface area contributed by atoms with Crippen LogP contribution in [0.5, 0.6) is 0 Å². The summed E-state index contributed by atoms with van der Waals surface area (Å²) in [5.74, 6) is 0.413. The number of nitrogens with one attached hydrogen (secondary N) is 1. The van der Waals surface area contributed by atoms with Gasteiger partial charge in [0.15, 0.2) is 0 Å². The van der Waals surface area contributed by atoms with Gasteiger partial charge in [0.25, 0.3) is 0 Å². The van der Waals surface area contributed by atoms with Crippen LogP contribution in [0.2, 0.25) is 5.02 Å². The molecule has 1 amide bonds. The zero-order valence-electron chi connectivity index (χ0n) is 14.6. The molecule has 0 aromatic heterocycles. The summed E-state index contributed by atoms with van der Waals surface area (Å²) < 4.78 is 5.79. The molecule has 6 heteroatoms. The summed E-state index contributed by atoms with van der Waals surface area (Å²) in [4.78, 5) is 15.5. The highest BCUT2D eigenvalue weighted by atomic mass is 35.5. The summed E-state index contributed by atoms with van der Waals surface area (Å²) in [7, 11) is 0. The molecule has 1 N–H and O–H groups in total. The lowest BCUT2D eigenvalue weighted by Gasteiger charge is -2.33. The van der Waals surface area contributed by atoms with Gasteiger partial charge in [0.2, 0.25) is 5.91 Å². The van der Waals surface area contributed by atoms with Crippen molar-refractivity contribution in [3.8, 4) is 0 Å². The van der Waals surface area contributed by atoms with Gasteiger partial charge >= 0.3 is 0 Å². The smallest absolute Gasteiger partial charge is 0.230 e. The third kappa shape index (κ3) is 6.32. The van der Waals surface area contributed by atoms with E-state index >= 15 is 0 Å². The van der Waals surface area contributed by atoms with Crippen molar-refractivity contribution in [2.45, 2.75) is 17.5 Å². The number of carbonyl (C=O) groups is 1. The van der Waals surface area contributed by atoms with Crippen LogP contribution in [-0.4, -0.2) is 48.9 Å². The van der Waals surface area contributed by atoms with Crippen LogP contribution in [0, 0.1) is 0 Å². The molecule has 0 bridgehead atoms. The molecular formula is C20H23ClN2O2S. The van der Waals surface area contributed by atoms with E-state index in [2.05, 4.69) is 34.5 Å². The van der Waals surface area contributed by atoms with E-state index in [1.54, 1.807) is 0 Å². The molecule has 0 spiro atoms. The number of benzene rings is 2. The van der Waals surface area contributed by atoms with E-state index in [0.29, 0.717) is 23.9 Å². The van der Waals surface area contributed by atoms with Gasteiger partial charge in [-0.1, -0.05) is 41.9 Å². The lowest BCUT2D eigenvalue weighted by atomic mass is 10.2. The molecule has 1 aliphatic rings. The Hall–Kier alpha value is -1.53. The van der Waals surface area contributed by atoms with Crippen molar-refractivity contribution in [2.24, 2.45) is 0 Å². The third-order valence-corrected chi connectivity index (χ3v) is 5.45. The molecule has 0 radical (unpaired) electrons. The van der Waals surface area contributed by atoms with Gasteiger partial charge in [0, 0.05) is 36.1 Å². The number of ether oxygens (including phenoxy) is 1. The van der Waals surface area contributed by atoms with Gasteiger partial charge in [-0.3, -0.25) is 9.69 Å². The Morgan fingerprint density at radius 2 is 1.96 bits per heavy atom. The van der Waals surface area contributed by atoms with Crippen LogP contribution in [0.3, 0.4) is 0 Å². The van der Waals surface area contributed by atoms with Crippen molar-refractivity contribution in [2.75, 3.05) is 32.0 Å². The fourth-order valence-electron chi connectivity index (χ4n) is 2.85. The van der Waals surface area contributed by atoms with E-state index in [9.17, 15) is 4.79 Å². The summed E-state index contributed by atoms with van der Waals surface area (Å²) in [6, 6.07) is 17.9. The monoisotopic (exact) mass is 390 g/mol. The summed E-state index contributed by atoms with van der Waals surface area (Å²) in [5, 5.41) is 3.68. The molecule has 1 fully saturated rings. The molecular weight excluding hydrogens is 368 g/mol. The number of nitrogens with zero attached hydrogens (tertiary/aromatic N) is 1. The predicted molar refractivity (Wildman–Crippen MR) is 107 cm³/mol. The van der Waals surface area contributed by atoms with Crippen molar-refractivity contribution in [1.82, 2.24) is 10.2 Å². The standard InChI is InChI=1S/C20H23ClN2O2S/c21-17-6-8-19(9-7-17)26-15-20(24)22-12-18-14-23(10-11-25-18)13-16-4-2-1-3-5-16/h1-9,18H,10-15H2,(H,22,24). The number of hydrogen-bond donors (Lipinski definition) is 1. The third-order valence-electron chi connectivity index (χ3n) is 4.18. The predicted octanol–water partition coefficient (Wildman–Crippen LogP) is 3.45. The fourth-order valence-corrected chi connectivity index (χ4v) is 3.70. The van der Waals surface area contributed by atoms with Crippen LogP contribution < -0.4 is 5.32 Å². The van der Waals surface area contributed by atoms with Gasteiger partial charge in [0.1, 0.15) is 0 Å².